The molecule has 0 saturated heterocycles. The molecule has 0 aliphatic heterocycles. The van der Waals surface area contributed by atoms with Gasteiger partial charge in [0.1, 0.15) is 18.8 Å². The van der Waals surface area contributed by atoms with Crippen LogP contribution in [0.2, 0.25) is 0 Å². The molecule has 28 heavy (non-hydrogen) atoms. The van der Waals surface area contributed by atoms with Gasteiger partial charge in [-0.15, -0.1) is 0 Å². The maximum Gasteiger partial charge on any atom is 0.318 e. The highest BCUT2D eigenvalue weighted by atomic mass is 32.3. The van der Waals surface area contributed by atoms with Crippen LogP contribution < -0.4 is 4.57 Å². The van der Waals surface area contributed by atoms with Crippen LogP contribution in [0.4, 0.5) is 0 Å². The van der Waals surface area contributed by atoms with E-state index >= 15 is 0 Å². The fourth-order valence-electron chi connectivity index (χ4n) is 2.38. The number of H-pyrrole nitrogens is 1. The molecule has 0 saturated carbocycles. The van der Waals surface area contributed by atoms with Crippen molar-refractivity contribution in [2.24, 2.45) is 7.05 Å². The van der Waals surface area contributed by atoms with E-state index in [9.17, 15) is 17.8 Å². The average Bonchev–Trinajstić information content (AvgIpc) is 3.02. The minimum atomic E-state index is -4.47. The van der Waals surface area contributed by atoms with E-state index < -0.39 is 10.4 Å². The van der Waals surface area contributed by atoms with E-state index in [2.05, 4.69) is 23.0 Å². The molecule has 0 aromatic carbocycles. The number of aryl methyl sites for hydroxylation is 1. The highest BCUT2D eigenvalue weighted by molar-refractivity contribution is 7.80. The predicted octanol–water partition coefficient (Wildman–Crippen LogP) is 2.94. The zero-order chi connectivity index (χ0) is 21.3. The number of hydrogen-bond acceptors (Lipinski definition) is 6. The summed E-state index contributed by atoms with van der Waals surface area (Å²) in [5.41, 5.74) is 0. The number of ether oxygens (including phenoxy) is 1. The van der Waals surface area contributed by atoms with Gasteiger partial charge in [0.25, 0.3) is 5.82 Å². The Labute approximate surface area is 169 Å². The van der Waals surface area contributed by atoms with Crippen molar-refractivity contribution in [1.29, 1.82) is 0 Å². The van der Waals surface area contributed by atoms with Crippen molar-refractivity contribution >= 4 is 16.4 Å². The Balaban J connectivity index is 0.000000528. The Morgan fingerprint density at radius 3 is 2.18 bits per heavy atom. The van der Waals surface area contributed by atoms with Crippen molar-refractivity contribution in [3.05, 3.63) is 18.2 Å². The van der Waals surface area contributed by atoms with Gasteiger partial charge in [0.15, 0.2) is 0 Å². The molecule has 0 bridgehead atoms. The monoisotopic (exact) mass is 420 g/mol. The molecular weight excluding hydrogens is 384 g/mol. The number of carbonyl (C=O) groups is 1. The summed E-state index contributed by atoms with van der Waals surface area (Å²) in [7, 11) is -2.57. The molecule has 164 valence electrons. The third-order valence-electron chi connectivity index (χ3n) is 4.02. The molecule has 0 amide bonds. The van der Waals surface area contributed by atoms with Gasteiger partial charge in [-0.2, -0.15) is 0 Å². The van der Waals surface area contributed by atoms with E-state index in [4.69, 9.17) is 4.74 Å². The zero-order valence-electron chi connectivity index (χ0n) is 17.4. The number of esters is 1. The molecule has 1 rings (SSSR count). The molecule has 9 heteroatoms. The SMILES string of the molecule is CCCCCCCCOS(=O)(=O)[O-].CCCCCOC(=O)Cc1[nH]cc[n+]1C. The number of hydrogen-bond donors (Lipinski definition) is 1. The largest absolute Gasteiger partial charge is 0.726 e. The van der Waals surface area contributed by atoms with E-state index in [1.54, 1.807) is 6.20 Å². The predicted molar refractivity (Wildman–Crippen MR) is 105 cm³/mol. The van der Waals surface area contributed by atoms with Crippen molar-refractivity contribution in [1.82, 2.24) is 4.98 Å². The average molecular weight is 421 g/mol. The Hall–Kier alpha value is -1.45. The van der Waals surface area contributed by atoms with Gasteiger partial charge in [-0.1, -0.05) is 58.8 Å². The third kappa shape index (κ3) is 16.7. The van der Waals surface area contributed by atoms with Gasteiger partial charge >= 0.3 is 5.97 Å². The summed E-state index contributed by atoms with van der Waals surface area (Å²) in [5, 5.41) is 0. The van der Waals surface area contributed by atoms with Crippen molar-refractivity contribution in [2.75, 3.05) is 13.2 Å². The van der Waals surface area contributed by atoms with Crippen molar-refractivity contribution < 1.29 is 31.3 Å². The van der Waals surface area contributed by atoms with Gasteiger partial charge in [-0.25, -0.2) is 18.0 Å². The van der Waals surface area contributed by atoms with Crippen LogP contribution in [-0.4, -0.2) is 37.1 Å². The highest BCUT2D eigenvalue weighted by Crippen LogP contribution is 2.05. The number of aromatic nitrogens is 2. The second-order valence-corrected chi connectivity index (χ2v) is 7.67. The molecule has 0 radical (unpaired) electrons. The van der Waals surface area contributed by atoms with E-state index in [1.165, 1.54) is 19.3 Å². The first-order valence-electron chi connectivity index (χ1n) is 10.1. The standard InChI is InChI=1S/C11H18N2O2.C8H18O4S/c1-3-4-5-8-15-11(14)9-10-12-6-7-13(10)2;1-2-3-4-5-6-7-8-12-13(9,10)11/h6-7H,3-5,8-9H2,1-2H3;2-8H2,1H3,(H,9,10,11). The topological polar surface area (TPSA) is 112 Å². The van der Waals surface area contributed by atoms with Crippen LogP contribution in [0.25, 0.3) is 0 Å². The number of nitrogens with zero attached hydrogens (tertiary/aromatic N) is 1. The number of aromatic amines is 1. The Bertz CT molecular complexity index is 616. The summed E-state index contributed by atoms with van der Waals surface area (Å²) >= 11 is 0. The van der Waals surface area contributed by atoms with Gasteiger partial charge in [0.05, 0.1) is 20.3 Å². The summed E-state index contributed by atoms with van der Waals surface area (Å²) in [6.07, 6.45) is 13.4. The summed E-state index contributed by atoms with van der Waals surface area (Å²) in [4.78, 5) is 14.4. The first kappa shape index (κ1) is 26.6. The summed E-state index contributed by atoms with van der Waals surface area (Å²) in [6.45, 7) is 4.82. The third-order valence-corrected chi connectivity index (χ3v) is 4.48. The van der Waals surface area contributed by atoms with Gasteiger partial charge in [-0.3, -0.25) is 8.98 Å². The minimum absolute atomic E-state index is 0.0258. The molecule has 0 spiro atoms. The summed E-state index contributed by atoms with van der Waals surface area (Å²) in [5.74, 6) is 0.708. The normalized spacial score (nSPS) is 11.0. The van der Waals surface area contributed by atoms with Gasteiger partial charge in [0.2, 0.25) is 10.4 Å². The lowest BCUT2D eigenvalue weighted by atomic mass is 10.1. The first-order chi connectivity index (χ1) is 13.3. The van der Waals surface area contributed by atoms with E-state index in [1.807, 2.05) is 17.8 Å². The maximum absolute atomic E-state index is 11.4. The molecule has 0 atom stereocenters. The molecular formula is C19H36N2O6S. The Morgan fingerprint density at radius 2 is 1.61 bits per heavy atom. The summed E-state index contributed by atoms with van der Waals surface area (Å²) in [6, 6.07) is 0. The Morgan fingerprint density at radius 1 is 1.04 bits per heavy atom. The lowest BCUT2D eigenvalue weighted by molar-refractivity contribution is -0.677. The molecule has 0 fully saturated rings. The van der Waals surface area contributed by atoms with Crippen LogP contribution in [0.15, 0.2) is 12.4 Å². The van der Waals surface area contributed by atoms with Crippen molar-refractivity contribution in [3.8, 4) is 0 Å². The van der Waals surface area contributed by atoms with Gasteiger partial charge in [-0.05, 0) is 12.8 Å². The van der Waals surface area contributed by atoms with Crippen LogP contribution in [0.1, 0.15) is 77.5 Å². The second-order valence-electron chi connectivity index (χ2n) is 6.62. The van der Waals surface area contributed by atoms with Crippen molar-refractivity contribution in [3.63, 3.8) is 0 Å². The van der Waals surface area contributed by atoms with Crippen LogP contribution in [0.5, 0.6) is 0 Å². The maximum atomic E-state index is 11.4. The van der Waals surface area contributed by atoms with E-state index in [-0.39, 0.29) is 12.6 Å². The number of nitrogens with one attached hydrogen (secondary N) is 1. The van der Waals surface area contributed by atoms with Crippen molar-refractivity contribution in [2.45, 2.75) is 78.1 Å². The number of rotatable bonds is 14. The smallest absolute Gasteiger partial charge is 0.318 e. The Kier molecular flexibility index (Phi) is 15.6. The molecule has 1 aromatic heterocycles. The van der Waals surface area contributed by atoms with Crippen LogP contribution in [-0.2, 0) is 37.6 Å². The van der Waals surface area contributed by atoms with Crippen LogP contribution >= 0.6 is 0 Å². The summed E-state index contributed by atoms with van der Waals surface area (Å²) < 4.78 is 41.0. The minimum Gasteiger partial charge on any atom is -0.726 e. The lowest BCUT2D eigenvalue weighted by Crippen LogP contribution is -2.32. The number of unbranched alkanes of at least 4 members (excludes halogenated alkanes) is 7. The van der Waals surface area contributed by atoms with Gasteiger partial charge < -0.3 is 9.29 Å². The van der Waals surface area contributed by atoms with Gasteiger partial charge in [0, 0.05) is 0 Å². The number of imidazole rings is 1. The molecule has 1 aromatic rings. The molecule has 8 nitrogen and oxygen atoms in total. The second kappa shape index (κ2) is 16.5. The molecule has 1 heterocycles. The van der Waals surface area contributed by atoms with Crippen LogP contribution in [0, 0.1) is 0 Å². The lowest BCUT2D eigenvalue weighted by Gasteiger charge is -2.06. The van der Waals surface area contributed by atoms with Crippen LogP contribution in [0.3, 0.4) is 0 Å². The zero-order valence-corrected chi connectivity index (χ0v) is 18.3. The molecule has 1 N–H and O–H groups in total. The fourth-order valence-corrected chi connectivity index (χ4v) is 2.70. The van der Waals surface area contributed by atoms with E-state index in [0.717, 1.165) is 37.9 Å². The molecule has 0 aliphatic carbocycles. The fraction of sp³-hybridized carbons (Fsp3) is 0.789. The number of carbonyl (C=O) groups excluding carboxylic acids is 1. The first-order valence-corrected chi connectivity index (χ1v) is 11.4. The molecule has 0 unspecified atom stereocenters. The highest BCUT2D eigenvalue weighted by Gasteiger charge is 2.13. The molecule has 0 aliphatic rings. The van der Waals surface area contributed by atoms with E-state index in [0.29, 0.717) is 19.4 Å². The quantitative estimate of drug-likeness (QED) is 0.163.